The van der Waals surface area contributed by atoms with Crippen molar-refractivity contribution in [2.45, 2.75) is 6.92 Å². The van der Waals surface area contributed by atoms with Gasteiger partial charge < -0.3 is 10.6 Å². The molecule has 1 aromatic heterocycles. The fraction of sp³-hybridized carbons (Fsp3) is 0.0625. The number of aromatic nitrogens is 1. The zero-order chi connectivity index (χ0) is 16.8. The van der Waals surface area contributed by atoms with Gasteiger partial charge in [-0.1, -0.05) is 12.1 Å². The van der Waals surface area contributed by atoms with Crippen LogP contribution in [-0.2, 0) is 0 Å². The largest absolute Gasteiger partial charge is 0.492 e. The lowest BCUT2D eigenvalue weighted by atomic mass is 10.0. The molecule has 4 rings (SSSR count). The molecule has 0 aliphatic carbocycles. The zero-order valence-electron chi connectivity index (χ0n) is 13.1. The first-order valence-corrected chi connectivity index (χ1v) is 7.19. The lowest BCUT2D eigenvalue weighted by Gasteiger charge is -2.24. The Bertz CT molecular complexity index is 907. The Kier molecular flexibility index (Phi) is 3.87. The van der Waals surface area contributed by atoms with Crippen molar-refractivity contribution < 1.29 is 15.5 Å². The molecule has 3 heterocycles. The highest BCUT2D eigenvalue weighted by Crippen LogP contribution is 2.40. The van der Waals surface area contributed by atoms with Gasteiger partial charge in [-0.2, -0.15) is 0 Å². The van der Waals surface area contributed by atoms with Crippen LogP contribution < -0.4 is 15.6 Å². The number of anilines is 2. The summed E-state index contributed by atoms with van der Waals surface area (Å²) in [6.07, 6.45) is 2.90. The number of allylic oxidation sites excluding steroid dienone is 1. The van der Waals surface area contributed by atoms with E-state index in [1.165, 1.54) is 16.1 Å². The third-order valence-electron chi connectivity index (χ3n) is 3.86. The molecule has 9 nitrogen and oxygen atoms in total. The first-order chi connectivity index (χ1) is 11.6. The molecule has 0 saturated heterocycles. The first-order valence-electron chi connectivity index (χ1n) is 7.19. The quantitative estimate of drug-likeness (QED) is 0.654. The monoisotopic (exact) mass is 340 g/mol. The number of rotatable bonds is 2. The van der Waals surface area contributed by atoms with Crippen molar-refractivity contribution in [2.75, 3.05) is 10.0 Å². The molecule has 1 radical (unpaired) electrons. The van der Waals surface area contributed by atoms with E-state index in [1.807, 2.05) is 6.92 Å². The van der Waals surface area contributed by atoms with E-state index >= 15 is 0 Å². The van der Waals surface area contributed by atoms with Gasteiger partial charge >= 0.3 is 0 Å². The third kappa shape index (κ3) is 2.47. The lowest BCUT2D eigenvalue weighted by molar-refractivity contribution is -0.375. The fourth-order valence-corrected chi connectivity index (χ4v) is 2.68. The van der Waals surface area contributed by atoms with Crippen LogP contribution in [0.15, 0.2) is 60.3 Å². The number of hydrogen-bond donors (Lipinski definition) is 1. The van der Waals surface area contributed by atoms with Gasteiger partial charge in [0, 0.05) is 11.8 Å². The molecule has 127 valence electrons. The van der Waals surface area contributed by atoms with Gasteiger partial charge in [-0.05, 0) is 36.7 Å². The van der Waals surface area contributed by atoms with Crippen molar-refractivity contribution in [1.82, 2.24) is 10.5 Å². The molecule has 0 unspecified atom stereocenters. The molecule has 1 aromatic carbocycles. The summed E-state index contributed by atoms with van der Waals surface area (Å²) in [5, 5.41) is 24.7. The van der Waals surface area contributed by atoms with Gasteiger partial charge in [0.15, 0.2) is 0 Å². The summed E-state index contributed by atoms with van der Waals surface area (Å²) in [6.45, 7) is 1.86. The van der Waals surface area contributed by atoms with Crippen LogP contribution in [0.2, 0.25) is 0 Å². The Balaban J connectivity index is 0.00000182. The number of aryl methyl sites for hydroxylation is 1. The molecular formula is C16H14N5O4. The van der Waals surface area contributed by atoms with Gasteiger partial charge in [0.2, 0.25) is 5.88 Å². The minimum atomic E-state index is -0.466. The Morgan fingerprint density at radius 2 is 1.92 bits per heavy atom. The maximum Gasteiger partial charge on any atom is 0.281 e. The van der Waals surface area contributed by atoms with Crippen LogP contribution in [0.4, 0.5) is 11.4 Å². The van der Waals surface area contributed by atoms with Crippen molar-refractivity contribution in [3.05, 3.63) is 81.6 Å². The van der Waals surface area contributed by atoms with E-state index in [-0.39, 0.29) is 22.8 Å². The molecule has 9 heteroatoms. The van der Waals surface area contributed by atoms with E-state index in [2.05, 4.69) is 10.5 Å². The molecule has 2 aromatic rings. The molecule has 0 amide bonds. The molecule has 0 bridgehead atoms. The first kappa shape index (κ1) is 16.4. The van der Waals surface area contributed by atoms with Crippen LogP contribution in [-0.4, -0.2) is 20.5 Å². The predicted octanol–water partition coefficient (Wildman–Crippen LogP) is 1.68. The summed E-state index contributed by atoms with van der Waals surface area (Å²) in [6, 6.07) is 10.4. The maximum absolute atomic E-state index is 11.4. The highest BCUT2D eigenvalue weighted by atomic mass is 16.6. The average Bonchev–Trinajstić information content (AvgIpc) is 2.92. The second kappa shape index (κ2) is 5.89. The van der Waals surface area contributed by atoms with Crippen molar-refractivity contribution in [1.29, 1.82) is 0 Å². The number of benzene rings is 1. The summed E-state index contributed by atoms with van der Waals surface area (Å²) in [5.41, 5.74) is 6.92. The van der Waals surface area contributed by atoms with Gasteiger partial charge in [0.05, 0.1) is 28.1 Å². The van der Waals surface area contributed by atoms with E-state index in [0.29, 0.717) is 16.9 Å². The summed E-state index contributed by atoms with van der Waals surface area (Å²) < 4.78 is 0. The van der Waals surface area contributed by atoms with E-state index in [0.717, 1.165) is 5.69 Å². The predicted molar refractivity (Wildman–Crippen MR) is 90.7 cm³/mol. The molecular weight excluding hydrogens is 326 g/mol. The number of pyridine rings is 1. The fourth-order valence-electron chi connectivity index (χ4n) is 2.68. The highest BCUT2D eigenvalue weighted by Gasteiger charge is 2.39. The summed E-state index contributed by atoms with van der Waals surface area (Å²) in [5.74, 6) is -0.186. The highest BCUT2D eigenvalue weighted by molar-refractivity contribution is 5.82. The van der Waals surface area contributed by atoms with Crippen molar-refractivity contribution in [3.8, 4) is 0 Å². The molecule has 3 N–H and O–H groups in total. The van der Waals surface area contributed by atoms with Crippen molar-refractivity contribution in [2.24, 2.45) is 0 Å². The number of hydrogen-bond acceptors (Lipinski definition) is 6. The molecule has 0 fully saturated rings. The van der Waals surface area contributed by atoms with Crippen LogP contribution in [0.3, 0.4) is 0 Å². The number of nitro groups is 1. The molecule has 0 saturated carbocycles. The number of aliphatic hydroxyl groups is 1. The number of para-hydroxylation sites is 1. The van der Waals surface area contributed by atoms with Gasteiger partial charge in [-0.3, -0.25) is 15.1 Å². The van der Waals surface area contributed by atoms with E-state index in [4.69, 9.17) is 0 Å². The minimum absolute atomic E-state index is 0. The Morgan fingerprint density at radius 3 is 2.60 bits per heavy atom. The van der Waals surface area contributed by atoms with Crippen molar-refractivity contribution in [3.63, 3.8) is 0 Å². The minimum Gasteiger partial charge on any atom is -0.492 e. The smallest absolute Gasteiger partial charge is 0.281 e. The van der Waals surface area contributed by atoms with Gasteiger partial charge in [0.1, 0.15) is 5.70 Å². The SMILES string of the molecule is Cc1ccc(N2[N]N3C(=C2O)C=C([N+](=O)[O-])c2ccccc23)cn1.O. The summed E-state index contributed by atoms with van der Waals surface area (Å²) in [7, 11) is 0. The topological polar surface area (TPSA) is 128 Å². The summed E-state index contributed by atoms with van der Waals surface area (Å²) in [4.78, 5) is 15.1. The standard InChI is InChI=1S/C16H12N5O3.H2O/c1-10-6-7-11(9-17-10)19-16(22)15-8-14(21(23)24)12-4-2-3-5-13(12)20(15)18-19;/h2-9,22H,1H3;1H2. The van der Waals surface area contributed by atoms with Gasteiger partial charge in [0.25, 0.3) is 5.70 Å². The van der Waals surface area contributed by atoms with E-state index < -0.39 is 4.92 Å². The Morgan fingerprint density at radius 1 is 1.16 bits per heavy atom. The number of fused-ring (bicyclic) bond motifs is 3. The Labute approximate surface area is 142 Å². The molecule has 2 aliphatic heterocycles. The second-order valence-electron chi connectivity index (χ2n) is 5.38. The van der Waals surface area contributed by atoms with E-state index in [1.54, 1.807) is 42.6 Å². The number of aliphatic hydroxyl groups excluding tert-OH is 1. The Hall–Kier alpha value is -3.43. The third-order valence-corrected chi connectivity index (χ3v) is 3.86. The van der Waals surface area contributed by atoms with E-state index in [9.17, 15) is 15.2 Å². The average molecular weight is 340 g/mol. The zero-order valence-corrected chi connectivity index (χ0v) is 13.1. The van der Waals surface area contributed by atoms with Gasteiger partial charge in [-0.15, -0.1) is 0 Å². The summed E-state index contributed by atoms with van der Waals surface area (Å²) >= 11 is 0. The molecule has 0 atom stereocenters. The van der Waals surface area contributed by atoms with Crippen LogP contribution in [0, 0.1) is 17.0 Å². The maximum atomic E-state index is 11.4. The molecule has 25 heavy (non-hydrogen) atoms. The van der Waals surface area contributed by atoms with Crippen LogP contribution in [0.5, 0.6) is 0 Å². The lowest BCUT2D eigenvalue weighted by Crippen LogP contribution is -2.36. The van der Waals surface area contributed by atoms with Crippen LogP contribution in [0.1, 0.15) is 11.3 Å². The van der Waals surface area contributed by atoms with Crippen LogP contribution in [0.25, 0.3) is 5.70 Å². The van der Waals surface area contributed by atoms with Crippen LogP contribution >= 0.6 is 0 Å². The second-order valence-corrected chi connectivity index (χ2v) is 5.38. The normalized spacial score (nSPS) is 15.3. The molecule has 0 spiro atoms. The van der Waals surface area contributed by atoms with Crippen molar-refractivity contribution >= 4 is 17.1 Å². The molecule has 2 aliphatic rings. The van der Waals surface area contributed by atoms with Gasteiger partial charge in [-0.25, -0.2) is 10.0 Å². The number of nitrogens with zero attached hydrogens (tertiary/aromatic N) is 5.